The molecule has 0 aromatic carbocycles. The number of rotatable bonds is 6. The van der Waals surface area contributed by atoms with Crippen LogP contribution in [0.15, 0.2) is 29.9 Å². The second-order valence-corrected chi connectivity index (χ2v) is 7.53. The van der Waals surface area contributed by atoms with Gasteiger partial charge >= 0.3 is 0 Å². The molecule has 0 radical (unpaired) electrons. The molecule has 6 nitrogen and oxygen atoms in total. The Morgan fingerprint density at radius 1 is 1.36 bits per heavy atom. The second-order valence-electron chi connectivity index (χ2n) is 6.55. The lowest BCUT2D eigenvalue weighted by Gasteiger charge is -2.18. The highest BCUT2D eigenvalue weighted by molar-refractivity contribution is 7.09. The van der Waals surface area contributed by atoms with Gasteiger partial charge in [-0.2, -0.15) is 5.26 Å². The Hall–Kier alpha value is -2.01. The molecule has 0 bridgehead atoms. The number of likely N-dealkylation sites (tertiary alicyclic amines) is 1. The molecule has 2 aromatic heterocycles. The van der Waals surface area contributed by atoms with Gasteiger partial charge in [0.25, 0.3) is 0 Å². The molecule has 0 saturated carbocycles. The van der Waals surface area contributed by atoms with Gasteiger partial charge in [-0.25, -0.2) is 9.97 Å². The van der Waals surface area contributed by atoms with Crippen molar-refractivity contribution in [2.45, 2.75) is 19.1 Å². The third-order valence-electron chi connectivity index (χ3n) is 4.96. The van der Waals surface area contributed by atoms with Gasteiger partial charge < -0.3 is 9.47 Å². The molecule has 0 aliphatic carbocycles. The summed E-state index contributed by atoms with van der Waals surface area (Å²) in [5, 5.41) is 12.0. The second kappa shape index (κ2) is 7.48. The first-order valence-electron chi connectivity index (χ1n) is 8.53. The van der Waals surface area contributed by atoms with Crippen molar-refractivity contribution in [3.05, 3.63) is 40.5 Å². The smallest absolute Gasteiger partial charge is 0.213 e. The van der Waals surface area contributed by atoms with Gasteiger partial charge in [0.1, 0.15) is 11.1 Å². The van der Waals surface area contributed by atoms with E-state index in [2.05, 4.69) is 20.9 Å². The summed E-state index contributed by atoms with van der Waals surface area (Å²) in [5.74, 6) is 1.69. The van der Waals surface area contributed by atoms with Crippen molar-refractivity contribution in [3.8, 4) is 11.9 Å². The molecule has 2 aliphatic rings. The number of hydrogen-bond acceptors (Lipinski definition) is 7. The van der Waals surface area contributed by atoms with Gasteiger partial charge in [0.2, 0.25) is 5.88 Å². The zero-order valence-corrected chi connectivity index (χ0v) is 14.7. The Bertz CT molecular complexity index is 729. The molecule has 4 heterocycles. The maximum Gasteiger partial charge on any atom is 0.213 e. The predicted octanol–water partition coefficient (Wildman–Crippen LogP) is 2.33. The average molecular weight is 356 g/mol. The van der Waals surface area contributed by atoms with Crippen LogP contribution < -0.4 is 4.74 Å². The summed E-state index contributed by atoms with van der Waals surface area (Å²) in [4.78, 5) is 11.0. The average Bonchev–Trinajstić information content (AvgIpc) is 3.35. The summed E-state index contributed by atoms with van der Waals surface area (Å²) in [5.41, 5.74) is 0.547. The van der Waals surface area contributed by atoms with E-state index in [4.69, 9.17) is 14.7 Å². The zero-order valence-electron chi connectivity index (χ0n) is 13.9. The van der Waals surface area contributed by atoms with E-state index >= 15 is 0 Å². The fourth-order valence-corrected chi connectivity index (χ4v) is 4.33. The van der Waals surface area contributed by atoms with Crippen molar-refractivity contribution in [1.29, 1.82) is 5.26 Å². The van der Waals surface area contributed by atoms with Crippen molar-refractivity contribution < 1.29 is 9.47 Å². The topological polar surface area (TPSA) is 71.3 Å². The molecule has 0 amide bonds. The fraction of sp³-hybridized carbons (Fsp3) is 0.500. The Morgan fingerprint density at radius 2 is 2.32 bits per heavy atom. The molecule has 25 heavy (non-hydrogen) atoms. The maximum atomic E-state index is 8.79. The van der Waals surface area contributed by atoms with Crippen LogP contribution in [0.4, 0.5) is 0 Å². The van der Waals surface area contributed by atoms with Crippen LogP contribution in [0.25, 0.3) is 0 Å². The van der Waals surface area contributed by atoms with Gasteiger partial charge in [-0.3, -0.25) is 4.90 Å². The van der Waals surface area contributed by atoms with Crippen molar-refractivity contribution >= 4 is 11.3 Å². The van der Waals surface area contributed by atoms with E-state index in [0.717, 1.165) is 32.7 Å². The minimum Gasteiger partial charge on any atom is -0.478 e. The summed E-state index contributed by atoms with van der Waals surface area (Å²) in [6.45, 7) is 4.45. The molecule has 0 N–H and O–H groups in total. The minimum atomic E-state index is 0.345. The molecule has 0 unspecified atom stereocenters. The normalized spacial score (nSPS) is 25.6. The molecule has 0 spiro atoms. The van der Waals surface area contributed by atoms with Gasteiger partial charge in [0.15, 0.2) is 0 Å². The van der Waals surface area contributed by atoms with Crippen molar-refractivity contribution in [3.63, 3.8) is 0 Å². The largest absolute Gasteiger partial charge is 0.478 e. The summed E-state index contributed by atoms with van der Waals surface area (Å²) in [7, 11) is 0. The minimum absolute atomic E-state index is 0.345. The van der Waals surface area contributed by atoms with E-state index in [1.54, 1.807) is 23.5 Å². The van der Waals surface area contributed by atoms with Gasteiger partial charge in [-0.15, -0.1) is 11.3 Å². The number of pyridine rings is 1. The van der Waals surface area contributed by atoms with Gasteiger partial charge in [0.05, 0.1) is 31.4 Å². The first kappa shape index (κ1) is 16.5. The standard InChI is InChI=1S/C18H20N4O2S/c19-7-13-1-2-17(21-8-13)23-5-3-14-12-24-16-10-22(9-15(14)16)11-18-20-4-6-25-18/h1-2,4,6,8,14-16H,3,5,9-12H2/t14-,15-,16-/m0/s1. The number of nitriles is 1. The Morgan fingerprint density at radius 3 is 3.08 bits per heavy atom. The van der Waals surface area contributed by atoms with E-state index in [9.17, 15) is 0 Å². The maximum absolute atomic E-state index is 8.79. The first-order valence-corrected chi connectivity index (χ1v) is 9.41. The zero-order chi connectivity index (χ0) is 17.1. The molecule has 3 atom stereocenters. The molecular formula is C18H20N4O2S. The van der Waals surface area contributed by atoms with Crippen LogP contribution in [0, 0.1) is 23.2 Å². The number of nitrogens with zero attached hydrogens (tertiary/aromatic N) is 4. The number of fused-ring (bicyclic) bond motifs is 1. The summed E-state index contributed by atoms with van der Waals surface area (Å²) >= 11 is 1.71. The van der Waals surface area contributed by atoms with Crippen LogP contribution in [-0.2, 0) is 11.3 Å². The van der Waals surface area contributed by atoms with E-state index in [-0.39, 0.29) is 0 Å². The lowest BCUT2D eigenvalue weighted by atomic mass is 9.91. The van der Waals surface area contributed by atoms with Gasteiger partial charge in [-0.1, -0.05) is 0 Å². The van der Waals surface area contributed by atoms with Crippen LogP contribution in [0.5, 0.6) is 5.88 Å². The van der Waals surface area contributed by atoms with E-state index in [1.807, 2.05) is 11.6 Å². The predicted molar refractivity (Wildman–Crippen MR) is 93.2 cm³/mol. The Labute approximate surface area is 151 Å². The van der Waals surface area contributed by atoms with E-state index in [1.165, 1.54) is 11.2 Å². The van der Waals surface area contributed by atoms with Gasteiger partial charge in [-0.05, 0) is 18.4 Å². The summed E-state index contributed by atoms with van der Waals surface area (Å²) in [6.07, 6.45) is 4.72. The monoisotopic (exact) mass is 356 g/mol. The Kier molecular flexibility index (Phi) is 4.92. The van der Waals surface area contributed by atoms with E-state index in [0.29, 0.717) is 36.0 Å². The van der Waals surface area contributed by atoms with Crippen LogP contribution in [-0.4, -0.2) is 47.3 Å². The lowest BCUT2D eigenvalue weighted by molar-refractivity contribution is 0.0922. The molecule has 7 heteroatoms. The molecule has 2 aliphatic heterocycles. The van der Waals surface area contributed by atoms with Crippen molar-refractivity contribution in [2.75, 3.05) is 26.3 Å². The molecule has 2 saturated heterocycles. The number of thiazole rings is 1. The SMILES string of the molecule is N#Cc1ccc(OCC[C@H]2CO[C@H]3CN(Cc4nccs4)C[C@@H]23)nc1. The molecule has 130 valence electrons. The van der Waals surface area contributed by atoms with Crippen LogP contribution in [0.3, 0.4) is 0 Å². The number of ether oxygens (including phenoxy) is 2. The van der Waals surface area contributed by atoms with Crippen LogP contribution in [0.2, 0.25) is 0 Å². The summed E-state index contributed by atoms with van der Waals surface area (Å²) in [6, 6.07) is 5.53. The summed E-state index contributed by atoms with van der Waals surface area (Å²) < 4.78 is 11.7. The lowest BCUT2D eigenvalue weighted by Crippen LogP contribution is -2.24. The van der Waals surface area contributed by atoms with Crippen LogP contribution >= 0.6 is 11.3 Å². The van der Waals surface area contributed by atoms with Gasteiger partial charge in [0, 0.05) is 42.8 Å². The van der Waals surface area contributed by atoms with Crippen molar-refractivity contribution in [2.24, 2.45) is 11.8 Å². The molecular weight excluding hydrogens is 336 g/mol. The highest BCUT2D eigenvalue weighted by Gasteiger charge is 2.43. The van der Waals surface area contributed by atoms with Crippen molar-refractivity contribution in [1.82, 2.24) is 14.9 Å². The molecule has 2 aromatic rings. The third kappa shape index (κ3) is 3.82. The molecule has 2 fully saturated rings. The fourth-order valence-electron chi connectivity index (χ4n) is 3.68. The highest BCUT2D eigenvalue weighted by Crippen LogP contribution is 2.36. The third-order valence-corrected chi connectivity index (χ3v) is 5.73. The number of hydrogen-bond donors (Lipinski definition) is 0. The Balaban J connectivity index is 1.25. The van der Waals surface area contributed by atoms with Crippen LogP contribution in [0.1, 0.15) is 17.0 Å². The quantitative estimate of drug-likeness (QED) is 0.791. The molecule has 4 rings (SSSR count). The highest BCUT2D eigenvalue weighted by atomic mass is 32.1. The first-order chi connectivity index (χ1) is 12.3. The van der Waals surface area contributed by atoms with E-state index < -0.39 is 0 Å². The number of aromatic nitrogens is 2.